The first-order valence-electron chi connectivity index (χ1n) is 7.96. The highest BCUT2D eigenvalue weighted by molar-refractivity contribution is 6.34. The third-order valence-electron chi connectivity index (χ3n) is 4.29. The number of phenolic OH excluding ortho intramolecular Hbond substituents is 1. The standard InChI is InChI=1S/C19H14ClN3O4/c1-27-15-5-2-4-10(17(15)24)11-8-12-14(9-13(11)20)22-19(26)16(18(12)25)23-7-3-6-21-23/h2-9,24H,1H3,(H2,22,25,26). The van der Waals surface area contributed by atoms with Crippen LogP contribution in [0.1, 0.15) is 0 Å². The van der Waals surface area contributed by atoms with Crippen molar-refractivity contribution in [3.8, 4) is 34.1 Å². The molecular weight excluding hydrogens is 370 g/mol. The van der Waals surface area contributed by atoms with Gasteiger partial charge in [-0.2, -0.15) is 5.10 Å². The number of hydrogen-bond acceptors (Lipinski definition) is 5. The van der Waals surface area contributed by atoms with E-state index < -0.39 is 5.56 Å². The molecule has 2 aromatic carbocycles. The number of H-pyrrole nitrogens is 1. The van der Waals surface area contributed by atoms with Crippen LogP contribution in [0.5, 0.6) is 17.2 Å². The molecule has 2 heterocycles. The van der Waals surface area contributed by atoms with E-state index in [-0.39, 0.29) is 17.2 Å². The van der Waals surface area contributed by atoms with Crippen LogP contribution < -0.4 is 10.3 Å². The van der Waals surface area contributed by atoms with Crippen molar-refractivity contribution in [3.63, 3.8) is 0 Å². The van der Waals surface area contributed by atoms with Crippen LogP contribution in [0, 0.1) is 0 Å². The molecule has 7 nitrogen and oxygen atoms in total. The Morgan fingerprint density at radius 1 is 1.15 bits per heavy atom. The Kier molecular flexibility index (Phi) is 4.01. The molecule has 0 aliphatic carbocycles. The van der Waals surface area contributed by atoms with Crippen molar-refractivity contribution >= 4 is 22.5 Å². The molecule has 0 amide bonds. The number of methoxy groups -OCH3 is 1. The lowest BCUT2D eigenvalue weighted by Gasteiger charge is -2.13. The number of pyridine rings is 1. The lowest BCUT2D eigenvalue weighted by atomic mass is 10.0. The van der Waals surface area contributed by atoms with E-state index in [2.05, 4.69) is 10.1 Å². The molecule has 8 heteroatoms. The normalized spacial score (nSPS) is 11.0. The fourth-order valence-corrected chi connectivity index (χ4v) is 3.28. The molecule has 0 saturated carbocycles. The van der Waals surface area contributed by atoms with E-state index in [4.69, 9.17) is 16.3 Å². The molecular formula is C19H14ClN3O4. The number of halogens is 1. The van der Waals surface area contributed by atoms with Gasteiger partial charge in [-0.1, -0.05) is 23.7 Å². The molecule has 0 spiro atoms. The van der Waals surface area contributed by atoms with Gasteiger partial charge in [0.1, 0.15) is 0 Å². The second kappa shape index (κ2) is 6.37. The van der Waals surface area contributed by atoms with Gasteiger partial charge in [-0.05, 0) is 24.3 Å². The number of aromatic amines is 1. The smallest absolute Gasteiger partial charge is 0.278 e. The van der Waals surface area contributed by atoms with Crippen LogP contribution in [0.2, 0.25) is 5.02 Å². The van der Waals surface area contributed by atoms with Crippen molar-refractivity contribution in [1.82, 2.24) is 14.8 Å². The van der Waals surface area contributed by atoms with Crippen molar-refractivity contribution in [2.45, 2.75) is 0 Å². The number of hydrogen-bond donors (Lipinski definition) is 3. The third-order valence-corrected chi connectivity index (χ3v) is 4.61. The monoisotopic (exact) mass is 383 g/mol. The number of fused-ring (bicyclic) bond motifs is 1. The van der Waals surface area contributed by atoms with Crippen molar-refractivity contribution < 1.29 is 14.9 Å². The van der Waals surface area contributed by atoms with Gasteiger partial charge in [-0.25, -0.2) is 4.68 Å². The second-order valence-corrected chi connectivity index (χ2v) is 6.24. The number of aromatic hydroxyl groups is 2. The quantitative estimate of drug-likeness (QED) is 0.503. The van der Waals surface area contributed by atoms with Gasteiger partial charge in [-0.15, -0.1) is 0 Å². The van der Waals surface area contributed by atoms with E-state index in [1.54, 1.807) is 36.5 Å². The molecule has 0 saturated heterocycles. The summed E-state index contributed by atoms with van der Waals surface area (Å²) in [5.74, 6) is -0.0122. The molecule has 3 N–H and O–H groups in total. The van der Waals surface area contributed by atoms with Crippen molar-refractivity contribution in [2.24, 2.45) is 0 Å². The molecule has 0 bridgehead atoms. The summed E-state index contributed by atoms with van der Waals surface area (Å²) in [6.07, 6.45) is 3.06. The highest BCUT2D eigenvalue weighted by Gasteiger charge is 2.18. The first kappa shape index (κ1) is 17.0. The van der Waals surface area contributed by atoms with Crippen LogP contribution in [-0.4, -0.2) is 32.1 Å². The number of rotatable bonds is 3. The average Bonchev–Trinajstić information content (AvgIpc) is 3.16. The Bertz CT molecular complexity index is 1220. The van der Waals surface area contributed by atoms with Gasteiger partial charge in [-0.3, -0.25) is 4.79 Å². The Hall–Kier alpha value is -3.45. The van der Waals surface area contributed by atoms with Gasteiger partial charge in [0.25, 0.3) is 5.56 Å². The van der Waals surface area contributed by atoms with Crippen LogP contribution in [0.4, 0.5) is 0 Å². The van der Waals surface area contributed by atoms with E-state index >= 15 is 0 Å². The summed E-state index contributed by atoms with van der Waals surface area (Å²) in [7, 11) is 1.45. The zero-order valence-electron chi connectivity index (χ0n) is 14.1. The molecule has 0 aliphatic heterocycles. The molecule has 27 heavy (non-hydrogen) atoms. The van der Waals surface area contributed by atoms with E-state index in [0.29, 0.717) is 32.8 Å². The fourth-order valence-electron chi connectivity index (χ4n) is 3.01. The Balaban J connectivity index is 2.02. The van der Waals surface area contributed by atoms with Gasteiger partial charge in [0.15, 0.2) is 22.9 Å². The Labute approximate surface area is 158 Å². The zero-order valence-corrected chi connectivity index (χ0v) is 14.9. The molecule has 0 fully saturated rings. The van der Waals surface area contributed by atoms with E-state index in [9.17, 15) is 15.0 Å². The fraction of sp³-hybridized carbons (Fsp3) is 0.0526. The lowest BCUT2D eigenvalue weighted by molar-refractivity contribution is 0.374. The summed E-state index contributed by atoms with van der Waals surface area (Å²) in [5, 5.41) is 25.8. The number of nitrogens with one attached hydrogen (secondary N) is 1. The SMILES string of the molecule is COc1cccc(-c2cc3c(O)c(-n4cccn4)c(=O)[nH]c3cc2Cl)c1O. The highest BCUT2D eigenvalue weighted by Crippen LogP contribution is 2.42. The van der Waals surface area contributed by atoms with Gasteiger partial charge in [0.05, 0.1) is 17.6 Å². The maximum absolute atomic E-state index is 12.4. The van der Waals surface area contributed by atoms with Crippen LogP contribution in [0.3, 0.4) is 0 Å². The largest absolute Gasteiger partial charge is 0.505 e. The maximum atomic E-state index is 12.4. The van der Waals surface area contributed by atoms with E-state index in [0.717, 1.165) is 0 Å². The molecule has 4 rings (SSSR count). The molecule has 0 radical (unpaired) electrons. The number of ether oxygens (including phenoxy) is 1. The predicted molar refractivity (Wildman–Crippen MR) is 102 cm³/mol. The summed E-state index contributed by atoms with van der Waals surface area (Å²) in [6, 6.07) is 9.80. The molecule has 0 aliphatic rings. The molecule has 136 valence electrons. The van der Waals surface area contributed by atoms with Crippen LogP contribution in [0.15, 0.2) is 53.6 Å². The molecule has 4 aromatic rings. The molecule has 2 aromatic heterocycles. The minimum Gasteiger partial charge on any atom is -0.505 e. The average molecular weight is 384 g/mol. The number of aromatic nitrogens is 3. The summed E-state index contributed by atoms with van der Waals surface area (Å²) in [5.41, 5.74) is 0.777. The predicted octanol–water partition coefficient (Wildman–Crippen LogP) is 3.45. The number of benzene rings is 2. The van der Waals surface area contributed by atoms with Crippen LogP contribution >= 0.6 is 11.6 Å². The Morgan fingerprint density at radius 2 is 1.96 bits per heavy atom. The van der Waals surface area contributed by atoms with Crippen molar-refractivity contribution in [1.29, 1.82) is 0 Å². The summed E-state index contributed by atoms with van der Waals surface area (Å²) >= 11 is 6.38. The van der Waals surface area contributed by atoms with Gasteiger partial charge in [0, 0.05) is 28.9 Å². The van der Waals surface area contributed by atoms with Gasteiger partial charge in [0.2, 0.25) is 0 Å². The second-order valence-electron chi connectivity index (χ2n) is 5.84. The number of para-hydroxylation sites is 1. The van der Waals surface area contributed by atoms with Crippen molar-refractivity contribution in [2.75, 3.05) is 7.11 Å². The third kappa shape index (κ3) is 2.69. The minimum atomic E-state index is -0.503. The lowest BCUT2D eigenvalue weighted by Crippen LogP contribution is -2.15. The molecule has 0 atom stereocenters. The van der Waals surface area contributed by atoms with Crippen LogP contribution in [-0.2, 0) is 0 Å². The van der Waals surface area contributed by atoms with Gasteiger partial charge < -0.3 is 19.9 Å². The zero-order chi connectivity index (χ0) is 19.1. The maximum Gasteiger partial charge on any atom is 0.278 e. The number of phenols is 1. The number of nitrogens with zero attached hydrogens (tertiary/aromatic N) is 2. The highest BCUT2D eigenvalue weighted by atomic mass is 35.5. The topological polar surface area (TPSA) is 100 Å². The van der Waals surface area contributed by atoms with Crippen molar-refractivity contribution in [3.05, 3.63) is 64.2 Å². The first-order valence-corrected chi connectivity index (χ1v) is 8.34. The minimum absolute atomic E-state index is 0.00404. The first-order chi connectivity index (χ1) is 13.0. The van der Waals surface area contributed by atoms with Gasteiger partial charge >= 0.3 is 0 Å². The summed E-state index contributed by atoms with van der Waals surface area (Å²) < 4.78 is 6.42. The van der Waals surface area contributed by atoms with E-state index in [1.165, 1.54) is 24.1 Å². The van der Waals surface area contributed by atoms with Crippen LogP contribution in [0.25, 0.3) is 27.7 Å². The molecule has 0 unspecified atom stereocenters. The van der Waals surface area contributed by atoms with E-state index in [1.807, 2.05) is 0 Å². The Morgan fingerprint density at radius 3 is 2.67 bits per heavy atom. The summed E-state index contributed by atoms with van der Waals surface area (Å²) in [6.45, 7) is 0. The summed E-state index contributed by atoms with van der Waals surface area (Å²) in [4.78, 5) is 15.1.